The number of hydrogen-bond acceptors (Lipinski definition) is 4. The van der Waals surface area contributed by atoms with Crippen molar-refractivity contribution < 1.29 is 22.7 Å². The number of benzene rings is 3. The molecule has 0 bridgehead atoms. The topological polar surface area (TPSA) is 76.5 Å². The number of hydrogen-bond donors (Lipinski definition) is 1. The lowest BCUT2D eigenvalue weighted by Gasteiger charge is -2.32. The summed E-state index contributed by atoms with van der Waals surface area (Å²) < 4.78 is 47.4. The Labute approximate surface area is 227 Å². The molecule has 1 heterocycles. The van der Waals surface area contributed by atoms with Gasteiger partial charge in [0.1, 0.15) is 5.82 Å². The Balaban J connectivity index is 1.87. The molecule has 0 aliphatic heterocycles. The van der Waals surface area contributed by atoms with Crippen LogP contribution in [0.3, 0.4) is 0 Å². The quantitative estimate of drug-likeness (QED) is 0.261. The van der Waals surface area contributed by atoms with Crippen LogP contribution in [-0.2, 0) is 10.9 Å². The molecule has 0 radical (unpaired) electrons. The van der Waals surface area contributed by atoms with Gasteiger partial charge in [-0.05, 0) is 48.9 Å². The maximum absolute atomic E-state index is 13.7. The molecule has 4 aromatic rings. The zero-order valence-corrected chi connectivity index (χ0v) is 22.0. The smallest absolute Gasteiger partial charge is 0.383 e. The minimum Gasteiger partial charge on any atom is -0.383 e. The van der Waals surface area contributed by atoms with Crippen molar-refractivity contribution in [2.45, 2.75) is 25.6 Å². The zero-order valence-electron chi connectivity index (χ0n) is 21.2. The molecular formula is C28H26ClF3N4O3. The van der Waals surface area contributed by atoms with Gasteiger partial charge in [-0.1, -0.05) is 48.9 Å². The van der Waals surface area contributed by atoms with E-state index in [-0.39, 0.29) is 30.2 Å². The molecule has 2 amide bonds. The van der Waals surface area contributed by atoms with Crippen molar-refractivity contribution in [1.29, 1.82) is 0 Å². The highest BCUT2D eigenvalue weighted by Gasteiger charge is 2.35. The second-order valence-electron chi connectivity index (χ2n) is 8.69. The van der Waals surface area contributed by atoms with E-state index in [1.54, 1.807) is 55.5 Å². The summed E-state index contributed by atoms with van der Waals surface area (Å²) in [6, 6.07) is 16.6. The van der Waals surface area contributed by atoms with Gasteiger partial charge in [0.05, 0.1) is 40.5 Å². The SMILES string of the molecule is CCC(c1nc2ccccc2c(=O)n1-c1cccc(Cl)c1)N(CCOC)C(=O)Nc1ccccc1C(F)(F)F. The molecule has 1 aromatic heterocycles. The number of alkyl halides is 3. The predicted molar refractivity (Wildman–Crippen MR) is 144 cm³/mol. The Kier molecular flexibility index (Phi) is 8.57. The monoisotopic (exact) mass is 558 g/mol. The molecule has 0 fully saturated rings. The van der Waals surface area contributed by atoms with Gasteiger partial charge >= 0.3 is 12.2 Å². The molecule has 7 nitrogen and oxygen atoms in total. The first-order valence-electron chi connectivity index (χ1n) is 12.2. The van der Waals surface area contributed by atoms with Gasteiger partial charge in [0.25, 0.3) is 5.56 Å². The van der Waals surface area contributed by atoms with Gasteiger partial charge in [0, 0.05) is 18.7 Å². The molecule has 39 heavy (non-hydrogen) atoms. The number of carbonyl (C=O) groups is 1. The van der Waals surface area contributed by atoms with Crippen molar-refractivity contribution in [2.24, 2.45) is 0 Å². The van der Waals surface area contributed by atoms with Gasteiger partial charge in [-0.15, -0.1) is 0 Å². The number of anilines is 1. The molecule has 0 aliphatic rings. The summed E-state index contributed by atoms with van der Waals surface area (Å²) in [7, 11) is 1.45. The fourth-order valence-electron chi connectivity index (χ4n) is 4.40. The third kappa shape index (κ3) is 6.07. The van der Waals surface area contributed by atoms with Crippen LogP contribution >= 0.6 is 11.6 Å². The van der Waals surface area contributed by atoms with E-state index in [4.69, 9.17) is 21.3 Å². The molecule has 0 saturated carbocycles. The number of para-hydroxylation sites is 2. The van der Waals surface area contributed by atoms with Crippen LogP contribution in [0.4, 0.5) is 23.7 Å². The van der Waals surface area contributed by atoms with Gasteiger partial charge in [-0.3, -0.25) is 9.36 Å². The van der Waals surface area contributed by atoms with Crippen LogP contribution in [0, 0.1) is 0 Å². The van der Waals surface area contributed by atoms with E-state index in [9.17, 15) is 22.8 Å². The number of halogens is 4. The Morgan fingerprint density at radius 3 is 2.51 bits per heavy atom. The molecule has 4 rings (SSSR count). The summed E-state index contributed by atoms with van der Waals surface area (Å²) in [5.41, 5.74) is -0.868. The molecule has 3 aromatic carbocycles. The number of carbonyl (C=O) groups excluding carboxylic acids is 1. The second kappa shape index (κ2) is 11.9. The summed E-state index contributed by atoms with van der Waals surface area (Å²) in [4.78, 5) is 33.4. The molecule has 11 heteroatoms. The van der Waals surface area contributed by atoms with Crippen molar-refractivity contribution in [2.75, 3.05) is 25.6 Å². The van der Waals surface area contributed by atoms with Crippen LogP contribution in [0.1, 0.15) is 30.8 Å². The second-order valence-corrected chi connectivity index (χ2v) is 9.13. The van der Waals surface area contributed by atoms with E-state index in [0.717, 1.165) is 6.07 Å². The number of ether oxygens (including phenoxy) is 1. The highest BCUT2D eigenvalue weighted by atomic mass is 35.5. The summed E-state index contributed by atoms with van der Waals surface area (Å²) >= 11 is 6.24. The standard InChI is InChI=1S/C28H26ClF3N4O3/c1-3-24(35(15-16-39-2)27(38)34-23-14-7-5-12-21(23)28(30,31)32)25-33-22-13-6-4-11-20(22)26(37)36(25)19-10-8-9-18(29)17-19/h4-14,17,24H,3,15-16H2,1-2H3,(H,34,38). The van der Waals surface area contributed by atoms with Crippen molar-refractivity contribution in [3.05, 3.63) is 99.6 Å². The zero-order chi connectivity index (χ0) is 28.2. The molecule has 1 N–H and O–H groups in total. The highest BCUT2D eigenvalue weighted by molar-refractivity contribution is 6.30. The van der Waals surface area contributed by atoms with Crippen LogP contribution in [-0.4, -0.2) is 40.7 Å². The third-order valence-corrected chi connectivity index (χ3v) is 6.44. The molecule has 204 valence electrons. The number of rotatable bonds is 8. The number of nitrogens with one attached hydrogen (secondary N) is 1. The first kappa shape index (κ1) is 28.1. The van der Waals surface area contributed by atoms with E-state index < -0.39 is 23.8 Å². The Morgan fingerprint density at radius 1 is 1.10 bits per heavy atom. The average molecular weight is 559 g/mol. The van der Waals surface area contributed by atoms with Crippen LogP contribution in [0.25, 0.3) is 16.6 Å². The molecule has 0 saturated heterocycles. The number of nitrogens with zero attached hydrogens (tertiary/aromatic N) is 3. The summed E-state index contributed by atoms with van der Waals surface area (Å²) in [6.45, 7) is 1.91. The van der Waals surface area contributed by atoms with Crippen molar-refractivity contribution in [3.63, 3.8) is 0 Å². The maximum Gasteiger partial charge on any atom is 0.418 e. The van der Waals surface area contributed by atoms with Crippen LogP contribution in [0.2, 0.25) is 5.02 Å². The highest BCUT2D eigenvalue weighted by Crippen LogP contribution is 2.35. The maximum atomic E-state index is 13.7. The van der Waals surface area contributed by atoms with Gasteiger partial charge in [0.2, 0.25) is 0 Å². The number of methoxy groups -OCH3 is 1. The molecule has 1 unspecified atom stereocenters. The fourth-order valence-corrected chi connectivity index (χ4v) is 4.58. The lowest BCUT2D eigenvalue weighted by atomic mass is 10.1. The Morgan fingerprint density at radius 2 is 1.82 bits per heavy atom. The minimum absolute atomic E-state index is 0.0211. The average Bonchev–Trinajstić information content (AvgIpc) is 2.90. The molecule has 0 aliphatic carbocycles. The molecule has 1 atom stereocenters. The van der Waals surface area contributed by atoms with Crippen molar-refractivity contribution in [1.82, 2.24) is 14.5 Å². The Bertz CT molecular complexity index is 1540. The number of aromatic nitrogens is 2. The lowest BCUT2D eigenvalue weighted by Crippen LogP contribution is -2.42. The van der Waals surface area contributed by atoms with Crippen LogP contribution in [0.15, 0.2) is 77.6 Å². The Hall–Kier alpha value is -3.89. The number of amides is 2. The van der Waals surface area contributed by atoms with Crippen LogP contribution < -0.4 is 10.9 Å². The summed E-state index contributed by atoms with van der Waals surface area (Å²) in [5, 5.41) is 3.16. The molecular weight excluding hydrogens is 533 g/mol. The summed E-state index contributed by atoms with van der Waals surface area (Å²) in [5.74, 6) is 0.235. The lowest BCUT2D eigenvalue weighted by molar-refractivity contribution is -0.136. The van der Waals surface area contributed by atoms with Crippen molar-refractivity contribution >= 4 is 34.2 Å². The predicted octanol–water partition coefficient (Wildman–Crippen LogP) is 6.69. The number of fused-ring (bicyclic) bond motifs is 1. The first-order valence-corrected chi connectivity index (χ1v) is 12.5. The molecule has 0 spiro atoms. The van der Waals surface area contributed by atoms with Gasteiger partial charge in [0.15, 0.2) is 0 Å². The normalized spacial score (nSPS) is 12.4. The van der Waals surface area contributed by atoms with Gasteiger partial charge < -0.3 is 15.0 Å². The summed E-state index contributed by atoms with van der Waals surface area (Å²) in [6.07, 6.45) is -4.37. The van der Waals surface area contributed by atoms with E-state index in [1.807, 2.05) is 0 Å². The van der Waals surface area contributed by atoms with Gasteiger partial charge in [-0.25, -0.2) is 9.78 Å². The van der Waals surface area contributed by atoms with Crippen molar-refractivity contribution in [3.8, 4) is 5.69 Å². The third-order valence-electron chi connectivity index (χ3n) is 6.20. The van der Waals surface area contributed by atoms with Gasteiger partial charge in [-0.2, -0.15) is 13.2 Å². The largest absolute Gasteiger partial charge is 0.418 e. The minimum atomic E-state index is -4.67. The number of urea groups is 1. The first-order chi connectivity index (χ1) is 18.7. The van der Waals surface area contributed by atoms with E-state index >= 15 is 0 Å². The van der Waals surface area contributed by atoms with E-state index in [0.29, 0.717) is 28.0 Å². The van der Waals surface area contributed by atoms with E-state index in [1.165, 1.54) is 34.8 Å². The van der Waals surface area contributed by atoms with Crippen LogP contribution in [0.5, 0.6) is 0 Å². The van der Waals surface area contributed by atoms with E-state index in [2.05, 4.69) is 5.32 Å². The fraction of sp³-hybridized carbons (Fsp3) is 0.250.